The second-order valence-corrected chi connectivity index (χ2v) is 5.84. The van der Waals surface area contributed by atoms with Gasteiger partial charge in [-0.05, 0) is 24.6 Å². The van der Waals surface area contributed by atoms with Crippen LogP contribution in [-0.2, 0) is 0 Å². The predicted octanol–water partition coefficient (Wildman–Crippen LogP) is 3.92. The highest BCUT2D eigenvalue weighted by Gasteiger charge is 2.20. The number of rotatable bonds is 7. The van der Waals surface area contributed by atoms with Crippen molar-refractivity contribution < 1.29 is 0 Å². The van der Waals surface area contributed by atoms with Gasteiger partial charge in [-0.1, -0.05) is 52.1 Å². The second kappa shape index (κ2) is 6.73. The molecule has 18 heavy (non-hydrogen) atoms. The van der Waals surface area contributed by atoms with Crippen molar-refractivity contribution in [3.63, 3.8) is 0 Å². The summed E-state index contributed by atoms with van der Waals surface area (Å²) in [5.74, 6) is 0.468. The highest BCUT2D eigenvalue weighted by Crippen LogP contribution is 2.35. The van der Waals surface area contributed by atoms with Crippen molar-refractivity contribution in [1.82, 2.24) is 4.90 Å². The van der Waals surface area contributed by atoms with Crippen molar-refractivity contribution in [3.05, 3.63) is 14.6 Å². The summed E-state index contributed by atoms with van der Waals surface area (Å²) in [6.45, 7) is 13.1. The summed E-state index contributed by atoms with van der Waals surface area (Å²) in [6, 6.07) is 0. The Labute approximate surface area is 121 Å². The Balaban J connectivity index is 2.74. The Hall–Kier alpha value is -0.320. The van der Waals surface area contributed by atoms with E-state index >= 15 is 0 Å². The highest BCUT2D eigenvalue weighted by molar-refractivity contribution is 7.74. The average Bonchev–Trinajstić information content (AvgIpc) is 2.34. The van der Waals surface area contributed by atoms with Crippen LogP contribution in [0.2, 0.25) is 0 Å². The van der Waals surface area contributed by atoms with E-state index in [9.17, 15) is 0 Å². The van der Waals surface area contributed by atoms with E-state index < -0.39 is 0 Å². The first kappa shape index (κ1) is 15.7. The van der Waals surface area contributed by atoms with Crippen molar-refractivity contribution in [2.45, 2.75) is 33.6 Å². The maximum Gasteiger partial charge on any atom is 0.0798 e. The Morgan fingerprint density at radius 2 is 1.56 bits per heavy atom. The first-order valence-corrected chi connectivity index (χ1v) is 7.52. The molecule has 0 saturated carbocycles. The van der Waals surface area contributed by atoms with Gasteiger partial charge >= 0.3 is 0 Å². The molecule has 102 valence electrons. The van der Waals surface area contributed by atoms with Crippen molar-refractivity contribution in [2.75, 3.05) is 38.1 Å². The molecule has 0 unspecified atom stereocenters. The molecular formula is C14H24N2S2. The van der Waals surface area contributed by atoms with Crippen molar-refractivity contribution in [1.29, 1.82) is 0 Å². The van der Waals surface area contributed by atoms with Crippen LogP contribution in [0.3, 0.4) is 0 Å². The highest BCUT2D eigenvalue weighted by atomic mass is 32.1. The first-order valence-electron chi connectivity index (χ1n) is 6.70. The lowest BCUT2D eigenvalue weighted by atomic mass is 9.96. The fourth-order valence-electron chi connectivity index (χ4n) is 2.25. The monoisotopic (exact) mass is 284 g/mol. The van der Waals surface area contributed by atoms with E-state index in [0.717, 1.165) is 35.2 Å². The molecule has 0 spiro atoms. The zero-order chi connectivity index (χ0) is 13.9. The lowest BCUT2D eigenvalue weighted by Gasteiger charge is -2.29. The molecule has 4 heteroatoms. The first-order chi connectivity index (χ1) is 8.43. The molecule has 0 amide bonds. The molecule has 0 bridgehead atoms. The van der Waals surface area contributed by atoms with Gasteiger partial charge in [0.25, 0.3) is 0 Å². The fraction of sp³-hybridized carbons (Fsp3) is 0.714. The minimum absolute atomic E-state index is 0.468. The molecule has 1 aromatic rings. The third-order valence-corrected chi connectivity index (χ3v) is 4.48. The van der Waals surface area contributed by atoms with E-state index in [-0.39, 0.29) is 0 Å². The van der Waals surface area contributed by atoms with Gasteiger partial charge in [-0.3, -0.25) is 0 Å². The summed E-state index contributed by atoms with van der Waals surface area (Å²) in [7, 11) is 2.12. The molecule has 2 nitrogen and oxygen atoms in total. The van der Waals surface area contributed by atoms with E-state index in [0.29, 0.717) is 5.92 Å². The summed E-state index contributed by atoms with van der Waals surface area (Å²) in [5, 5.41) is 0. The maximum atomic E-state index is 5.38. The Morgan fingerprint density at radius 1 is 1.00 bits per heavy atom. The Morgan fingerprint density at radius 3 is 2.00 bits per heavy atom. The fourth-order valence-corrected chi connectivity index (χ4v) is 3.06. The number of hydrogen-bond acceptors (Lipinski definition) is 4. The molecule has 0 atom stereocenters. The van der Waals surface area contributed by atoms with E-state index in [2.05, 4.69) is 44.5 Å². The largest absolute Gasteiger partial charge is 0.372 e. The molecular weight excluding hydrogens is 260 g/mol. The molecule has 0 saturated heterocycles. The van der Waals surface area contributed by atoms with Gasteiger partial charge in [0.1, 0.15) is 0 Å². The number of nitrogens with zero attached hydrogens (tertiary/aromatic N) is 2. The van der Waals surface area contributed by atoms with Crippen LogP contribution in [0.25, 0.3) is 0 Å². The van der Waals surface area contributed by atoms with Gasteiger partial charge in [0.15, 0.2) is 0 Å². The smallest absolute Gasteiger partial charge is 0.0798 e. The maximum absolute atomic E-state index is 5.38. The van der Waals surface area contributed by atoms with E-state index in [1.165, 1.54) is 11.3 Å². The molecule has 1 rings (SSSR count). The van der Waals surface area contributed by atoms with Crippen LogP contribution >= 0.6 is 24.4 Å². The van der Waals surface area contributed by atoms with Crippen molar-refractivity contribution in [2.24, 2.45) is 0 Å². The zero-order valence-electron chi connectivity index (χ0n) is 12.1. The predicted molar refractivity (Wildman–Crippen MR) is 85.6 cm³/mol. The molecule has 0 N–H and O–H groups in total. The normalized spacial score (nSPS) is 11.7. The summed E-state index contributed by atoms with van der Waals surface area (Å²) in [6.07, 6.45) is 0. The molecule has 0 fully saturated rings. The van der Waals surface area contributed by atoms with E-state index in [1.54, 1.807) is 0 Å². The third kappa shape index (κ3) is 3.16. The van der Waals surface area contributed by atoms with Gasteiger partial charge in [-0.15, -0.1) is 0 Å². The Kier molecular flexibility index (Phi) is 5.89. The van der Waals surface area contributed by atoms with E-state index in [1.807, 2.05) is 0 Å². The topological polar surface area (TPSA) is 6.48 Å². The molecule has 0 aliphatic carbocycles. The summed E-state index contributed by atoms with van der Waals surface area (Å²) < 4.78 is 1.79. The van der Waals surface area contributed by atoms with Crippen LogP contribution in [0, 0.1) is 9.02 Å². The van der Waals surface area contributed by atoms with Crippen molar-refractivity contribution in [3.8, 4) is 0 Å². The second-order valence-electron chi connectivity index (χ2n) is 5.02. The number of anilines is 1. The van der Waals surface area contributed by atoms with Crippen LogP contribution in [-0.4, -0.2) is 38.1 Å². The quantitative estimate of drug-likeness (QED) is 0.700. The van der Waals surface area contributed by atoms with Crippen LogP contribution in [0.1, 0.15) is 39.2 Å². The molecule has 0 radical (unpaired) electrons. The SMILES string of the molecule is CCN(CC)CCN(C)c1c(C(C)C)c(=S)c1=S. The van der Waals surface area contributed by atoms with Gasteiger partial charge in [0.2, 0.25) is 0 Å². The van der Waals surface area contributed by atoms with Crippen LogP contribution < -0.4 is 4.90 Å². The molecule has 0 aliphatic heterocycles. The Bertz CT molecular complexity index is 454. The minimum Gasteiger partial charge on any atom is -0.372 e. The van der Waals surface area contributed by atoms with Gasteiger partial charge in [0, 0.05) is 20.1 Å². The minimum atomic E-state index is 0.468. The van der Waals surface area contributed by atoms with Crippen LogP contribution in [0.4, 0.5) is 5.69 Å². The third-order valence-electron chi connectivity index (χ3n) is 3.53. The summed E-state index contributed by atoms with van der Waals surface area (Å²) in [4.78, 5) is 4.69. The molecule has 1 aromatic carbocycles. The lowest BCUT2D eigenvalue weighted by molar-refractivity contribution is 0.311. The van der Waals surface area contributed by atoms with E-state index in [4.69, 9.17) is 24.4 Å². The summed E-state index contributed by atoms with van der Waals surface area (Å²) >= 11 is 10.7. The average molecular weight is 284 g/mol. The summed E-state index contributed by atoms with van der Waals surface area (Å²) in [5.41, 5.74) is 2.48. The molecule has 0 aliphatic rings. The number of hydrogen-bond donors (Lipinski definition) is 0. The van der Waals surface area contributed by atoms with Crippen molar-refractivity contribution >= 4 is 30.1 Å². The van der Waals surface area contributed by atoms with Gasteiger partial charge in [0.05, 0.1) is 14.7 Å². The van der Waals surface area contributed by atoms with Gasteiger partial charge in [-0.25, -0.2) is 0 Å². The lowest BCUT2D eigenvalue weighted by Crippen LogP contribution is -2.34. The van der Waals surface area contributed by atoms with Gasteiger partial charge < -0.3 is 9.80 Å². The standard InChI is InChI=1S/C14H24N2S2/c1-6-16(7-2)9-8-15(5)12-11(10(3)4)13(17)14(12)18/h10H,6-9H2,1-5H3. The van der Waals surface area contributed by atoms with Crippen LogP contribution in [0.15, 0.2) is 0 Å². The molecule has 0 aromatic heterocycles. The molecule has 0 heterocycles. The van der Waals surface area contributed by atoms with Crippen LogP contribution in [0.5, 0.6) is 0 Å². The number of likely N-dealkylation sites (N-methyl/N-ethyl adjacent to an activating group) is 2. The zero-order valence-corrected chi connectivity index (χ0v) is 13.7. The van der Waals surface area contributed by atoms with Gasteiger partial charge in [-0.2, -0.15) is 0 Å².